The van der Waals surface area contributed by atoms with Gasteiger partial charge in [0.25, 0.3) is 0 Å². The number of nitrogens with one attached hydrogen (secondary N) is 1. The second kappa shape index (κ2) is 5.54. The summed E-state index contributed by atoms with van der Waals surface area (Å²) in [5.41, 5.74) is 7.96. The number of benzene rings is 2. The van der Waals surface area contributed by atoms with Gasteiger partial charge in [0.2, 0.25) is 0 Å². The van der Waals surface area contributed by atoms with E-state index in [0.29, 0.717) is 11.4 Å². The third kappa shape index (κ3) is 3.00. The van der Waals surface area contributed by atoms with E-state index in [1.165, 1.54) is 17.7 Å². The van der Waals surface area contributed by atoms with Gasteiger partial charge in [-0.15, -0.1) is 0 Å². The van der Waals surface area contributed by atoms with Crippen molar-refractivity contribution in [2.75, 3.05) is 11.1 Å². The van der Waals surface area contributed by atoms with Crippen LogP contribution >= 0.6 is 0 Å². The number of rotatable bonds is 4. The Morgan fingerprint density at radius 1 is 1.17 bits per heavy atom. The van der Waals surface area contributed by atoms with Crippen molar-refractivity contribution >= 4 is 11.4 Å². The molecule has 2 aromatic rings. The molecule has 0 fully saturated rings. The van der Waals surface area contributed by atoms with Crippen molar-refractivity contribution in [1.82, 2.24) is 0 Å². The molecule has 0 aliphatic heterocycles. The van der Waals surface area contributed by atoms with Crippen molar-refractivity contribution in [3.05, 3.63) is 59.9 Å². The molecule has 2 aromatic carbocycles. The first-order chi connectivity index (χ1) is 8.69. The lowest BCUT2D eigenvalue weighted by Crippen LogP contribution is -2.09. The standard InChI is InChI=1S/C15H17FN2/c1-2-15(11-6-4-3-5-7-11)18-14-9-12(16)8-13(17)10-14/h3-10,15,18H,2,17H2,1H3. The molecule has 1 unspecified atom stereocenters. The number of nitrogen functional groups attached to an aromatic ring is 1. The molecule has 0 aliphatic carbocycles. The number of anilines is 2. The second-order valence-corrected chi connectivity index (χ2v) is 4.29. The van der Waals surface area contributed by atoms with Gasteiger partial charge in [0, 0.05) is 11.4 Å². The van der Waals surface area contributed by atoms with E-state index in [-0.39, 0.29) is 11.9 Å². The quantitative estimate of drug-likeness (QED) is 0.798. The third-order valence-electron chi connectivity index (χ3n) is 2.87. The zero-order valence-corrected chi connectivity index (χ0v) is 10.4. The highest BCUT2D eigenvalue weighted by Crippen LogP contribution is 2.24. The first-order valence-corrected chi connectivity index (χ1v) is 6.06. The van der Waals surface area contributed by atoms with Crippen LogP contribution in [0.3, 0.4) is 0 Å². The first kappa shape index (κ1) is 12.4. The average molecular weight is 244 g/mol. The summed E-state index contributed by atoms with van der Waals surface area (Å²) in [6, 6.07) is 14.8. The zero-order valence-electron chi connectivity index (χ0n) is 10.4. The fourth-order valence-electron chi connectivity index (χ4n) is 2.00. The Morgan fingerprint density at radius 3 is 2.50 bits per heavy atom. The van der Waals surface area contributed by atoms with Gasteiger partial charge in [0.1, 0.15) is 5.82 Å². The Morgan fingerprint density at radius 2 is 1.89 bits per heavy atom. The van der Waals surface area contributed by atoms with Gasteiger partial charge in [-0.3, -0.25) is 0 Å². The molecule has 0 saturated carbocycles. The molecular formula is C15H17FN2. The molecular weight excluding hydrogens is 227 g/mol. The molecule has 18 heavy (non-hydrogen) atoms. The summed E-state index contributed by atoms with van der Waals surface area (Å²) in [4.78, 5) is 0. The van der Waals surface area contributed by atoms with Gasteiger partial charge in [-0.1, -0.05) is 37.3 Å². The maximum absolute atomic E-state index is 13.3. The van der Waals surface area contributed by atoms with E-state index in [9.17, 15) is 4.39 Å². The Kier molecular flexibility index (Phi) is 3.82. The number of hydrogen-bond donors (Lipinski definition) is 2. The molecule has 3 N–H and O–H groups in total. The summed E-state index contributed by atoms with van der Waals surface area (Å²) >= 11 is 0. The molecule has 2 nitrogen and oxygen atoms in total. The van der Waals surface area contributed by atoms with Crippen LogP contribution in [0.2, 0.25) is 0 Å². The lowest BCUT2D eigenvalue weighted by Gasteiger charge is -2.19. The molecule has 0 saturated heterocycles. The predicted molar refractivity (Wildman–Crippen MR) is 73.9 cm³/mol. The Balaban J connectivity index is 2.20. The van der Waals surface area contributed by atoms with Gasteiger partial charge in [-0.05, 0) is 30.2 Å². The second-order valence-electron chi connectivity index (χ2n) is 4.29. The van der Waals surface area contributed by atoms with Crippen molar-refractivity contribution < 1.29 is 4.39 Å². The lowest BCUT2D eigenvalue weighted by molar-refractivity contribution is 0.628. The van der Waals surface area contributed by atoms with E-state index in [1.54, 1.807) is 6.07 Å². The third-order valence-corrected chi connectivity index (χ3v) is 2.87. The summed E-state index contributed by atoms with van der Waals surface area (Å²) in [7, 11) is 0. The van der Waals surface area contributed by atoms with Crippen LogP contribution in [0.4, 0.5) is 15.8 Å². The lowest BCUT2D eigenvalue weighted by atomic mass is 10.0. The molecule has 0 spiro atoms. The maximum atomic E-state index is 13.3. The molecule has 0 radical (unpaired) electrons. The van der Waals surface area contributed by atoms with Crippen LogP contribution in [0, 0.1) is 5.82 Å². The smallest absolute Gasteiger partial charge is 0.127 e. The average Bonchev–Trinajstić information content (AvgIpc) is 2.36. The van der Waals surface area contributed by atoms with Gasteiger partial charge in [-0.25, -0.2) is 4.39 Å². The van der Waals surface area contributed by atoms with Gasteiger partial charge in [0.05, 0.1) is 6.04 Å². The normalized spacial score (nSPS) is 12.1. The van der Waals surface area contributed by atoms with Crippen molar-refractivity contribution in [2.24, 2.45) is 0 Å². The van der Waals surface area contributed by atoms with Crippen molar-refractivity contribution in [1.29, 1.82) is 0 Å². The molecule has 2 rings (SSSR count). The Labute approximate surface area is 107 Å². The Hall–Kier alpha value is -2.03. The number of hydrogen-bond acceptors (Lipinski definition) is 2. The van der Waals surface area contributed by atoms with Gasteiger partial charge in [-0.2, -0.15) is 0 Å². The van der Waals surface area contributed by atoms with Crippen LogP contribution in [0.15, 0.2) is 48.5 Å². The van der Waals surface area contributed by atoms with Gasteiger partial charge >= 0.3 is 0 Å². The molecule has 1 atom stereocenters. The summed E-state index contributed by atoms with van der Waals surface area (Å²) in [5, 5.41) is 3.31. The SMILES string of the molecule is CCC(Nc1cc(N)cc(F)c1)c1ccccc1. The Bertz CT molecular complexity index is 491. The van der Waals surface area contributed by atoms with E-state index in [1.807, 2.05) is 18.2 Å². The topological polar surface area (TPSA) is 38.0 Å². The predicted octanol–water partition coefficient (Wildman–Crippen LogP) is 3.97. The zero-order chi connectivity index (χ0) is 13.0. The van der Waals surface area contributed by atoms with Crippen LogP contribution in [-0.2, 0) is 0 Å². The van der Waals surface area contributed by atoms with E-state index in [4.69, 9.17) is 5.73 Å². The summed E-state index contributed by atoms with van der Waals surface area (Å²) in [6.45, 7) is 2.09. The largest absolute Gasteiger partial charge is 0.399 e. The maximum Gasteiger partial charge on any atom is 0.127 e. The van der Waals surface area contributed by atoms with Crippen LogP contribution in [0.25, 0.3) is 0 Å². The van der Waals surface area contributed by atoms with E-state index in [2.05, 4.69) is 24.4 Å². The van der Waals surface area contributed by atoms with E-state index < -0.39 is 0 Å². The van der Waals surface area contributed by atoms with E-state index in [0.717, 1.165) is 6.42 Å². The van der Waals surface area contributed by atoms with Gasteiger partial charge < -0.3 is 11.1 Å². The fraction of sp³-hybridized carbons (Fsp3) is 0.200. The minimum Gasteiger partial charge on any atom is -0.399 e. The number of nitrogens with two attached hydrogens (primary N) is 1. The van der Waals surface area contributed by atoms with Crippen LogP contribution in [0.5, 0.6) is 0 Å². The monoisotopic (exact) mass is 244 g/mol. The molecule has 0 aliphatic rings. The molecule has 0 bridgehead atoms. The first-order valence-electron chi connectivity index (χ1n) is 6.06. The van der Waals surface area contributed by atoms with Crippen molar-refractivity contribution in [2.45, 2.75) is 19.4 Å². The van der Waals surface area contributed by atoms with Crippen LogP contribution in [0.1, 0.15) is 24.9 Å². The molecule has 94 valence electrons. The van der Waals surface area contributed by atoms with Crippen molar-refractivity contribution in [3.8, 4) is 0 Å². The van der Waals surface area contributed by atoms with Crippen LogP contribution in [-0.4, -0.2) is 0 Å². The van der Waals surface area contributed by atoms with Gasteiger partial charge in [0.15, 0.2) is 0 Å². The fourth-order valence-corrected chi connectivity index (χ4v) is 2.00. The summed E-state index contributed by atoms with van der Waals surface area (Å²) < 4.78 is 13.3. The van der Waals surface area contributed by atoms with Crippen molar-refractivity contribution in [3.63, 3.8) is 0 Å². The minimum atomic E-state index is -0.319. The molecule has 0 aromatic heterocycles. The highest BCUT2D eigenvalue weighted by Gasteiger charge is 2.09. The summed E-state index contributed by atoms with van der Waals surface area (Å²) in [5.74, 6) is -0.319. The van der Waals surface area contributed by atoms with E-state index >= 15 is 0 Å². The molecule has 0 amide bonds. The number of halogens is 1. The minimum absolute atomic E-state index is 0.160. The highest BCUT2D eigenvalue weighted by atomic mass is 19.1. The molecule has 0 heterocycles. The summed E-state index contributed by atoms with van der Waals surface area (Å²) in [6.07, 6.45) is 0.917. The van der Waals surface area contributed by atoms with Crippen LogP contribution < -0.4 is 11.1 Å². The molecule has 3 heteroatoms. The highest BCUT2D eigenvalue weighted by molar-refractivity contribution is 5.55.